The second-order valence-electron chi connectivity index (χ2n) is 6.07. The molecule has 0 saturated heterocycles. The first kappa shape index (κ1) is 15.1. The summed E-state index contributed by atoms with van der Waals surface area (Å²) in [6, 6.07) is 8.00. The summed E-state index contributed by atoms with van der Waals surface area (Å²) in [5.74, 6) is -1.19. The van der Waals surface area contributed by atoms with Crippen LogP contribution in [0.5, 0.6) is 0 Å². The monoisotopic (exact) mass is 287 g/mol. The van der Waals surface area contributed by atoms with Crippen molar-refractivity contribution in [2.75, 3.05) is 6.54 Å². The van der Waals surface area contributed by atoms with Gasteiger partial charge in [-0.25, -0.2) is 0 Å². The Kier molecular flexibility index (Phi) is 4.31. The summed E-state index contributed by atoms with van der Waals surface area (Å²) < 4.78 is 0. The Morgan fingerprint density at radius 3 is 2.57 bits per heavy atom. The number of hydrogen-bond acceptors (Lipinski definition) is 2. The fraction of sp³-hybridized carbons (Fsp3) is 0.375. The summed E-state index contributed by atoms with van der Waals surface area (Å²) in [7, 11) is 0. The molecule has 1 aromatic heterocycles. The number of H-pyrrole nitrogens is 1. The third-order valence-electron chi connectivity index (χ3n) is 3.05. The number of carbonyl (C=O) groups excluding carboxylic acids is 2. The van der Waals surface area contributed by atoms with E-state index < -0.39 is 17.4 Å². The van der Waals surface area contributed by atoms with Gasteiger partial charge in [0, 0.05) is 29.2 Å². The lowest BCUT2D eigenvalue weighted by atomic mass is 10.1. The lowest BCUT2D eigenvalue weighted by Crippen LogP contribution is -2.48. The molecule has 2 amide bonds. The highest BCUT2D eigenvalue weighted by Gasteiger charge is 2.19. The Morgan fingerprint density at radius 1 is 1.14 bits per heavy atom. The SMILES string of the molecule is CC(C)(C)NC(=O)C(=O)NCCc1c[nH]c2ccccc12. The van der Waals surface area contributed by atoms with Gasteiger partial charge in [-0.15, -0.1) is 0 Å². The number of amides is 2. The van der Waals surface area contributed by atoms with Gasteiger partial charge in [-0.05, 0) is 38.8 Å². The van der Waals surface area contributed by atoms with E-state index in [0.717, 1.165) is 16.5 Å². The van der Waals surface area contributed by atoms with Gasteiger partial charge in [-0.2, -0.15) is 0 Å². The highest BCUT2D eigenvalue weighted by molar-refractivity contribution is 6.35. The standard InChI is InChI=1S/C16H21N3O2/c1-16(2,3)19-15(21)14(20)17-9-8-11-10-18-13-7-5-4-6-12(11)13/h4-7,10,18H,8-9H2,1-3H3,(H,17,20)(H,19,21). The number of carbonyl (C=O) groups is 2. The molecule has 0 aliphatic heterocycles. The van der Waals surface area contributed by atoms with Gasteiger partial charge in [0.25, 0.3) is 0 Å². The molecular formula is C16H21N3O2. The summed E-state index contributed by atoms with van der Waals surface area (Å²) in [4.78, 5) is 26.5. The molecule has 0 aliphatic rings. The first-order valence-corrected chi connectivity index (χ1v) is 7.02. The van der Waals surface area contributed by atoms with Crippen molar-refractivity contribution in [2.45, 2.75) is 32.7 Å². The van der Waals surface area contributed by atoms with Crippen LogP contribution >= 0.6 is 0 Å². The van der Waals surface area contributed by atoms with Gasteiger partial charge < -0.3 is 15.6 Å². The smallest absolute Gasteiger partial charge is 0.309 e. The fourth-order valence-corrected chi connectivity index (χ4v) is 2.13. The van der Waals surface area contributed by atoms with Crippen LogP contribution in [0.15, 0.2) is 30.5 Å². The molecule has 0 atom stereocenters. The number of aromatic nitrogens is 1. The van der Waals surface area contributed by atoms with Crippen LogP contribution in [-0.2, 0) is 16.0 Å². The van der Waals surface area contributed by atoms with Gasteiger partial charge in [-0.1, -0.05) is 18.2 Å². The zero-order valence-corrected chi connectivity index (χ0v) is 12.6. The molecule has 21 heavy (non-hydrogen) atoms. The van der Waals surface area contributed by atoms with Crippen LogP contribution in [0.25, 0.3) is 10.9 Å². The minimum Gasteiger partial charge on any atom is -0.361 e. The maximum absolute atomic E-state index is 11.7. The normalized spacial score (nSPS) is 11.4. The zero-order chi connectivity index (χ0) is 15.5. The lowest BCUT2D eigenvalue weighted by molar-refractivity contribution is -0.140. The Labute approximate surface area is 124 Å². The van der Waals surface area contributed by atoms with E-state index in [-0.39, 0.29) is 0 Å². The van der Waals surface area contributed by atoms with Crippen molar-refractivity contribution in [3.63, 3.8) is 0 Å². The number of fused-ring (bicyclic) bond motifs is 1. The van der Waals surface area contributed by atoms with Gasteiger partial charge in [0.2, 0.25) is 0 Å². The van der Waals surface area contributed by atoms with E-state index in [4.69, 9.17) is 0 Å². The maximum atomic E-state index is 11.7. The van der Waals surface area contributed by atoms with Crippen molar-refractivity contribution in [3.8, 4) is 0 Å². The Bertz CT molecular complexity index is 653. The molecule has 5 heteroatoms. The molecule has 0 fully saturated rings. The van der Waals surface area contributed by atoms with Crippen molar-refractivity contribution in [3.05, 3.63) is 36.0 Å². The summed E-state index contributed by atoms with van der Waals surface area (Å²) in [5.41, 5.74) is 1.79. The molecule has 5 nitrogen and oxygen atoms in total. The number of hydrogen-bond donors (Lipinski definition) is 3. The lowest BCUT2D eigenvalue weighted by Gasteiger charge is -2.19. The number of rotatable bonds is 3. The van der Waals surface area contributed by atoms with E-state index >= 15 is 0 Å². The highest BCUT2D eigenvalue weighted by atomic mass is 16.2. The fourth-order valence-electron chi connectivity index (χ4n) is 2.13. The zero-order valence-electron chi connectivity index (χ0n) is 12.6. The van der Waals surface area contributed by atoms with Gasteiger partial charge in [0.05, 0.1) is 0 Å². The predicted molar refractivity (Wildman–Crippen MR) is 82.9 cm³/mol. The van der Waals surface area contributed by atoms with Crippen molar-refractivity contribution < 1.29 is 9.59 Å². The number of benzene rings is 1. The Morgan fingerprint density at radius 2 is 1.86 bits per heavy atom. The molecule has 1 heterocycles. The molecule has 3 N–H and O–H groups in total. The summed E-state index contributed by atoms with van der Waals surface area (Å²) in [6.45, 7) is 5.94. The highest BCUT2D eigenvalue weighted by Crippen LogP contribution is 2.17. The molecule has 0 unspecified atom stereocenters. The molecule has 2 rings (SSSR count). The number of para-hydroxylation sites is 1. The van der Waals surface area contributed by atoms with Gasteiger partial charge in [0.1, 0.15) is 0 Å². The average Bonchev–Trinajstić information content (AvgIpc) is 2.80. The summed E-state index contributed by atoms with van der Waals surface area (Å²) in [5, 5.41) is 6.42. The first-order chi connectivity index (χ1) is 9.87. The molecule has 112 valence electrons. The second kappa shape index (κ2) is 5.99. The van der Waals surface area contributed by atoms with Crippen molar-refractivity contribution >= 4 is 22.7 Å². The first-order valence-electron chi connectivity index (χ1n) is 7.02. The minimum absolute atomic E-state index is 0.411. The molecule has 0 radical (unpaired) electrons. The molecule has 0 spiro atoms. The topological polar surface area (TPSA) is 74.0 Å². The quantitative estimate of drug-likeness (QED) is 0.752. The van der Waals surface area contributed by atoms with Crippen molar-refractivity contribution in [2.24, 2.45) is 0 Å². The third-order valence-corrected chi connectivity index (χ3v) is 3.05. The number of aromatic amines is 1. The van der Waals surface area contributed by atoms with Crippen LogP contribution in [0.2, 0.25) is 0 Å². The van der Waals surface area contributed by atoms with Crippen LogP contribution in [0, 0.1) is 0 Å². The van der Waals surface area contributed by atoms with Gasteiger partial charge in [0.15, 0.2) is 0 Å². The minimum atomic E-state index is -0.596. The number of nitrogens with one attached hydrogen (secondary N) is 3. The van der Waals surface area contributed by atoms with Crippen LogP contribution in [-0.4, -0.2) is 28.9 Å². The largest absolute Gasteiger partial charge is 0.361 e. The molecular weight excluding hydrogens is 266 g/mol. The third kappa shape index (κ3) is 4.08. The molecule has 1 aromatic carbocycles. The summed E-state index contributed by atoms with van der Waals surface area (Å²) in [6.07, 6.45) is 2.62. The van der Waals surface area contributed by atoms with Gasteiger partial charge in [-0.3, -0.25) is 9.59 Å². The van der Waals surface area contributed by atoms with Crippen LogP contribution < -0.4 is 10.6 Å². The van der Waals surface area contributed by atoms with E-state index in [1.807, 2.05) is 51.2 Å². The maximum Gasteiger partial charge on any atom is 0.309 e. The Hall–Kier alpha value is -2.30. The van der Waals surface area contributed by atoms with Crippen LogP contribution in [0.1, 0.15) is 26.3 Å². The van der Waals surface area contributed by atoms with Gasteiger partial charge >= 0.3 is 11.8 Å². The van der Waals surface area contributed by atoms with Crippen LogP contribution in [0.4, 0.5) is 0 Å². The molecule has 2 aromatic rings. The van der Waals surface area contributed by atoms with E-state index in [1.165, 1.54) is 0 Å². The molecule has 0 bridgehead atoms. The van der Waals surface area contributed by atoms with Crippen molar-refractivity contribution in [1.29, 1.82) is 0 Å². The van der Waals surface area contributed by atoms with Crippen molar-refractivity contribution in [1.82, 2.24) is 15.6 Å². The second-order valence-corrected chi connectivity index (χ2v) is 6.07. The average molecular weight is 287 g/mol. The van der Waals surface area contributed by atoms with E-state index in [2.05, 4.69) is 15.6 Å². The van der Waals surface area contributed by atoms with E-state index in [1.54, 1.807) is 0 Å². The van der Waals surface area contributed by atoms with Crippen LogP contribution in [0.3, 0.4) is 0 Å². The Balaban J connectivity index is 1.87. The molecule has 0 aliphatic carbocycles. The van der Waals surface area contributed by atoms with E-state index in [0.29, 0.717) is 13.0 Å². The molecule has 0 saturated carbocycles. The van der Waals surface area contributed by atoms with E-state index in [9.17, 15) is 9.59 Å². The predicted octanol–water partition coefficient (Wildman–Crippen LogP) is 1.74. The summed E-state index contributed by atoms with van der Waals surface area (Å²) >= 11 is 0.